The van der Waals surface area contributed by atoms with Gasteiger partial charge in [0, 0.05) is 25.5 Å². The lowest BCUT2D eigenvalue weighted by Crippen LogP contribution is -2.47. The topological polar surface area (TPSA) is 79.5 Å². The Hall–Kier alpha value is -1.44. The average Bonchev–Trinajstić information content (AvgIpc) is 2.66. The fourth-order valence-corrected chi connectivity index (χ4v) is 4.66. The highest BCUT2D eigenvalue weighted by atomic mass is 79.9. The minimum Gasteiger partial charge on any atom is -0.506 e. The molecule has 7 heteroatoms. The highest BCUT2D eigenvalue weighted by Crippen LogP contribution is 2.34. The molecule has 1 fully saturated rings. The van der Waals surface area contributed by atoms with E-state index in [0.717, 1.165) is 31.5 Å². The summed E-state index contributed by atoms with van der Waals surface area (Å²) in [5, 5.41) is 9.79. The van der Waals surface area contributed by atoms with E-state index in [9.17, 15) is 9.90 Å². The number of amides is 1. The minimum absolute atomic E-state index is 0.0153. The second-order valence-electron chi connectivity index (χ2n) is 6.60. The van der Waals surface area contributed by atoms with E-state index in [-0.39, 0.29) is 11.7 Å². The third kappa shape index (κ3) is 4.45. The van der Waals surface area contributed by atoms with E-state index in [4.69, 9.17) is 5.73 Å². The van der Waals surface area contributed by atoms with Crippen LogP contribution < -0.4 is 5.73 Å². The smallest absolute Gasteiger partial charge is 0.239 e. The second kappa shape index (κ2) is 8.50. The van der Waals surface area contributed by atoms with Crippen molar-refractivity contribution in [3.05, 3.63) is 56.7 Å². The number of halogens is 2. The van der Waals surface area contributed by atoms with Crippen molar-refractivity contribution in [2.24, 2.45) is 5.73 Å². The molecule has 3 rings (SSSR count). The van der Waals surface area contributed by atoms with Crippen LogP contribution in [0.5, 0.6) is 5.75 Å². The van der Waals surface area contributed by atoms with Crippen LogP contribution in [0.1, 0.15) is 29.9 Å². The molecule has 0 saturated carbocycles. The summed E-state index contributed by atoms with van der Waals surface area (Å²) in [6, 6.07) is 7.10. The van der Waals surface area contributed by atoms with Gasteiger partial charge in [-0.25, -0.2) is 0 Å². The summed E-state index contributed by atoms with van der Waals surface area (Å²) in [6.45, 7) is 1.45. The maximum atomic E-state index is 12.7. The molecule has 1 aromatic heterocycles. The number of phenols is 1. The highest BCUT2D eigenvalue weighted by molar-refractivity contribution is 9.11. The number of aromatic nitrogens is 1. The molecule has 138 valence electrons. The predicted octanol–water partition coefficient (Wildman–Crippen LogP) is 3.59. The molecule has 1 aromatic carbocycles. The third-order valence-corrected chi connectivity index (χ3v) is 6.04. The van der Waals surface area contributed by atoms with Gasteiger partial charge in [-0.15, -0.1) is 0 Å². The number of hydrogen-bond acceptors (Lipinski definition) is 4. The van der Waals surface area contributed by atoms with Crippen molar-refractivity contribution in [1.82, 2.24) is 9.88 Å². The molecule has 5 nitrogen and oxygen atoms in total. The number of benzene rings is 1. The lowest BCUT2D eigenvalue weighted by molar-refractivity contribution is -0.133. The predicted molar refractivity (Wildman–Crippen MR) is 108 cm³/mol. The van der Waals surface area contributed by atoms with Gasteiger partial charge in [0.2, 0.25) is 5.91 Å². The number of likely N-dealkylation sites (tertiary alicyclic amines) is 1. The van der Waals surface area contributed by atoms with Crippen molar-refractivity contribution in [2.75, 3.05) is 13.1 Å². The fourth-order valence-electron chi connectivity index (χ4n) is 3.38. The van der Waals surface area contributed by atoms with Crippen LogP contribution in [0.15, 0.2) is 45.6 Å². The van der Waals surface area contributed by atoms with Crippen LogP contribution in [0, 0.1) is 0 Å². The molecule has 0 unspecified atom stereocenters. The lowest BCUT2D eigenvalue weighted by Gasteiger charge is -2.33. The van der Waals surface area contributed by atoms with Crippen LogP contribution in [-0.2, 0) is 11.2 Å². The van der Waals surface area contributed by atoms with Gasteiger partial charge in [-0.05, 0) is 92.4 Å². The van der Waals surface area contributed by atoms with E-state index in [1.807, 2.05) is 17.3 Å². The molecule has 2 heterocycles. The van der Waals surface area contributed by atoms with Crippen LogP contribution in [0.3, 0.4) is 0 Å². The van der Waals surface area contributed by atoms with E-state index in [2.05, 4.69) is 49.0 Å². The summed E-state index contributed by atoms with van der Waals surface area (Å²) in [6.07, 6.45) is 5.95. The lowest BCUT2D eigenvalue weighted by atomic mass is 9.90. The first-order valence-electron chi connectivity index (χ1n) is 8.57. The van der Waals surface area contributed by atoms with Crippen molar-refractivity contribution < 1.29 is 9.90 Å². The Labute approximate surface area is 169 Å². The molecule has 1 aliphatic rings. The summed E-state index contributed by atoms with van der Waals surface area (Å²) in [4.78, 5) is 18.6. The molecule has 0 aliphatic carbocycles. The van der Waals surface area contributed by atoms with Crippen LogP contribution in [0.2, 0.25) is 0 Å². The number of carbonyl (C=O) groups is 1. The van der Waals surface area contributed by atoms with Crippen molar-refractivity contribution in [2.45, 2.75) is 31.2 Å². The molecule has 1 aliphatic heterocycles. The van der Waals surface area contributed by atoms with E-state index < -0.39 is 6.04 Å². The number of hydrogen-bond donors (Lipinski definition) is 2. The Morgan fingerprint density at radius 3 is 2.38 bits per heavy atom. The number of nitrogens with two attached hydrogens (primary N) is 1. The molecule has 1 saturated heterocycles. The summed E-state index contributed by atoms with van der Waals surface area (Å²) in [5.74, 6) is 0.604. The van der Waals surface area contributed by atoms with Crippen LogP contribution >= 0.6 is 31.9 Å². The fraction of sp³-hybridized carbons (Fsp3) is 0.368. The number of rotatable bonds is 4. The zero-order chi connectivity index (χ0) is 18.7. The maximum absolute atomic E-state index is 12.7. The molecule has 1 amide bonds. The zero-order valence-corrected chi connectivity index (χ0v) is 17.4. The first kappa shape index (κ1) is 19.3. The van der Waals surface area contributed by atoms with Crippen LogP contribution in [0.4, 0.5) is 0 Å². The van der Waals surface area contributed by atoms with Gasteiger partial charge in [0.1, 0.15) is 5.75 Å². The number of piperidine rings is 1. The summed E-state index contributed by atoms with van der Waals surface area (Å²) < 4.78 is 1.17. The molecule has 26 heavy (non-hydrogen) atoms. The Kier molecular flexibility index (Phi) is 6.32. The van der Waals surface area contributed by atoms with Gasteiger partial charge in [0.25, 0.3) is 0 Å². The molecule has 0 bridgehead atoms. The number of nitrogens with zero attached hydrogens (tertiary/aromatic N) is 2. The van der Waals surface area contributed by atoms with Gasteiger partial charge >= 0.3 is 0 Å². The maximum Gasteiger partial charge on any atom is 0.239 e. The summed E-state index contributed by atoms with van der Waals surface area (Å²) in [7, 11) is 0. The number of pyridine rings is 1. The number of aromatic hydroxyl groups is 1. The molecule has 3 N–H and O–H groups in total. The minimum atomic E-state index is -0.587. The normalized spacial score (nSPS) is 16.5. The Bertz CT molecular complexity index is 755. The first-order chi connectivity index (χ1) is 12.5. The summed E-state index contributed by atoms with van der Waals surface area (Å²) in [5.41, 5.74) is 8.36. The zero-order valence-electron chi connectivity index (χ0n) is 14.2. The average molecular weight is 483 g/mol. The molecule has 1 atom stereocenters. The van der Waals surface area contributed by atoms with Crippen molar-refractivity contribution >= 4 is 37.8 Å². The van der Waals surface area contributed by atoms with E-state index in [0.29, 0.717) is 21.3 Å². The Balaban J connectivity index is 1.58. The standard InChI is InChI=1S/C19H21Br2N3O2/c20-15-9-12(10-16(21)18(15)25)11-17(22)19(26)24-7-3-14(4-8-24)13-1-5-23-6-2-13/h1-2,5-6,9-10,14,17,25H,3-4,7-8,11,22H2/t17-/m1/s1. The van der Waals surface area contributed by atoms with Crippen molar-refractivity contribution in [3.63, 3.8) is 0 Å². The second-order valence-corrected chi connectivity index (χ2v) is 8.31. The van der Waals surface area contributed by atoms with Gasteiger partial charge in [0.15, 0.2) is 0 Å². The third-order valence-electron chi connectivity index (χ3n) is 4.83. The van der Waals surface area contributed by atoms with Crippen LogP contribution in [-0.4, -0.2) is 40.0 Å². The summed E-state index contributed by atoms with van der Waals surface area (Å²) >= 11 is 6.62. The van der Waals surface area contributed by atoms with Gasteiger partial charge in [0.05, 0.1) is 15.0 Å². The van der Waals surface area contributed by atoms with Gasteiger partial charge in [-0.2, -0.15) is 0 Å². The van der Waals surface area contributed by atoms with E-state index >= 15 is 0 Å². The monoisotopic (exact) mass is 481 g/mol. The largest absolute Gasteiger partial charge is 0.506 e. The molecule has 0 radical (unpaired) electrons. The van der Waals surface area contributed by atoms with Gasteiger partial charge < -0.3 is 15.7 Å². The van der Waals surface area contributed by atoms with E-state index in [1.54, 1.807) is 12.1 Å². The van der Waals surface area contributed by atoms with Crippen LogP contribution in [0.25, 0.3) is 0 Å². The van der Waals surface area contributed by atoms with Crippen molar-refractivity contribution in [3.8, 4) is 5.75 Å². The highest BCUT2D eigenvalue weighted by Gasteiger charge is 2.27. The molecule has 2 aromatic rings. The van der Waals surface area contributed by atoms with E-state index in [1.165, 1.54) is 5.56 Å². The van der Waals surface area contributed by atoms with Gasteiger partial charge in [-0.3, -0.25) is 9.78 Å². The van der Waals surface area contributed by atoms with Crippen molar-refractivity contribution in [1.29, 1.82) is 0 Å². The first-order valence-corrected chi connectivity index (χ1v) is 10.2. The SMILES string of the molecule is N[C@H](Cc1cc(Br)c(O)c(Br)c1)C(=O)N1CCC(c2ccncc2)CC1. The number of phenolic OH excluding ortho intramolecular Hbond substituents is 1. The number of carbonyl (C=O) groups excluding carboxylic acids is 1. The Morgan fingerprint density at radius 1 is 1.23 bits per heavy atom. The quantitative estimate of drug-likeness (QED) is 0.697. The molecule has 0 spiro atoms. The van der Waals surface area contributed by atoms with Gasteiger partial charge in [-0.1, -0.05) is 0 Å². The molecular weight excluding hydrogens is 462 g/mol. The Morgan fingerprint density at radius 2 is 1.81 bits per heavy atom. The molecular formula is C19H21Br2N3O2.